The fraction of sp³-hybridized carbons (Fsp3) is 0.400. The Bertz CT molecular complexity index is 613. The molecule has 25 heavy (non-hydrogen) atoms. The Morgan fingerprint density at radius 2 is 1.24 bits per heavy atom. The zero-order valence-corrected chi connectivity index (χ0v) is 11.1. The predicted octanol–water partition coefficient (Wildman–Crippen LogP) is 4.45. The van der Waals surface area contributed by atoms with Crippen molar-refractivity contribution in [3.63, 3.8) is 0 Å². The minimum atomic E-state index is -6.26. The average molecular weight is 392 g/mol. The average Bonchev–Trinajstić information content (AvgIpc) is 2.36. The maximum Gasteiger partial charge on any atom is 0.499 e. The summed E-state index contributed by atoms with van der Waals surface area (Å²) >= 11 is 0. The molecule has 0 unspecified atom stereocenters. The van der Waals surface area contributed by atoms with Crippen LogP contribution in [0.5, 0.6) is 11.5 Å². The lowest BCUT2D eigenvalue weighted by Crippen LogP contribution is -2.42. The first kappa shape index (κ1) is 20.9. The Morgan fingerprint density at radius 1 is 0.800 bits per heavy atom. The Hall–Kier alpha value is -2.16. The van der Waals surface area contributed by atoms with Crippen molar-refractivity contribution < 1.29 is 58.6 Å². The number of halogens is 10. The van der Waals surface area contributed by atoms with Gasteiger partial charge in [0.1, 0.15) is 5.75 Å². The maximum atomic E-state index is 12.7. The lowest BCUT2D eigenvalue weighted by molar-refractivity contribution is -0.361. The van der Waals surface area contributed by atoms with E-state index in [1.807, 2.05) is 0 Å². The first-order valence-corrected chi connectivity index (χ1v) is 5.55. The minimum absolute atomic E-state index is 0.0160. The third-order valence-corrected chi connectivity index (χ3v) is 2.28. The van der Waals surface area contributed by atoms with Crippen LogP contribution in [0.1, 0.15) is 0 Å². The SMILES string of the molecule is [O-]N(O)c1cc(OC(F)(F)C(F)(F)F)ccc1OC(F)(F)C(F)(F)F. The highest BCUT2D eigenvalue weighted by molar-refractivity contribution is 5.60. The van der Waals surface area contributed by atoms with Gasteiger partial charge in [-0.2, -0.15) is 43.9 Å². The summed E-state index contributed by atoms with van der Waals surface area (Å²) in [4.78, 5) is 0. The first-order valence-electron chi connectivity index (χ1n) is 5.55. The standard InChI is InChI=1S/C10H4F10NO4/c11-7(12,13)9(17,18)24-4-1-2-6(5(3-4)21(22)23)25-10(19,20)8(14,15)16/h1-3,22H/q-1. The van der Waals surface area contributed by atoms with E-state index in [0.717, 1.165) is 0 Å². The molecular weight excluding hydrogens is 388 g/mol. The van der Waals surface area contributed by atoms with Crippen LogP contribution < -0.4 is 14.7 Å². The zero-order valence-electron chi connectivity index (χ0n) is 11.1. The fourth-order valence-electron chi connectivity index (χ4n) is 1.20. The smallest absolute Gasteiger partial charge is 0.499 e. The molecule has 0 atom stereocenters. The number of anilines is 1. The second kappa shape index (κ2) is 6.29. The van der Waals surface area contributed by atoms with Crippen LogP contribution >= 0.6 is 0 Å². The monoisotopic (exact) mass is 392 g/mol. The predicted molar refractivity (Wildman–Crippen MR) is 57.3 cm³/mol. The van der Waals surface area contributed by atoms with Crippen molar-refractivity contribution in [2.75, 3.05) is 5.23 Å². The molecular formula is C10H4F10NO4-. The van der Waals surface area contributed by atoms with E-state index in [0.29, 0.717) is 0 Å². The molecule has 0 aliphatic heterocycles. The molecule has 1 rings (SSSR count). The molecule has 5 nitrogen and oxygen atoms in total. The lowest BCUT2D eigenvalue weighted by atomic mass is 10.2. The minimum Gasteiger partial charge on any atom is -0.733 e. The van der Waals surface area contributed by atoms with Gasteiger partial charge in [-0.1, -0.05) is 0 Å². The van der Waals surface area contributed by atoms with Crippen LogP contribution in [0, 0.1) is 5.21 Å². The number of ether oxygens (including phenoxy) is 2. The summed E-state index contributed by atoms with van der Waals surface area (Å²) in [6.45, 7) is 0. The third kappa shape index (κ3) is 4.68. The van der Waals surface area contributed by atoms with Crippen molar-refractivity contribution in [2.45, 2.75) is 24.6 Å². The van der Waals surface area contributed by atoms with Crippen LogP contribution in [0.3, 0.4) is 0 Å². The van der Waals surface area contributed by atoms with Gasteiger partial charge < -0.3 is 19.9 Å². The molecule has 0 saturated heterocycles. The molecule has 0 aliphatic rings. The van der Waals surface area contributed by atoms with Gasteiger partial charge in [-0.25, -0.2) is 0 Å². The van der Waals surface area contributed by atoms with Crippen molar-refractivity contribution >= 4 is 5.69 Å². The summed E-state index contributed by atoms with van der Waals surface area (Å²) in [7, 11) is 0. The number of hydrogen-bond donors (Lipinski definition) is 1. The number of hydrogen-bond acceptors (Lipinski definition) is 5. The van der Waals surface area contributed by atoms with E-state index < -0.39 is 47.0 Å². The van der Waals surface area contributed by atoms with Gasteiger partial charge in [0, 0.05) is 6.07 Å². The Morgan fingerprint density at radius 3 is 1.64 bits per heavy atom. The molecule has 15 heteroatoms. The van der Waals surface area contributed by atoms with Crippen LogP contribution in [0.2, 0.25) is 0 Å². The van der Waals surface area contributed by atoms with E-state index in [-0.39, 0.29) is 18.2 Å². The normalized spacial score (nSPS) is 13.6. The van der Waals surface area contributed by atoms with Crippen LogP contribution in [0.4, 0.5) is 49.6 Å². The third-order valence-electron chi connectivity index (χ3n) is 2.28. The topological polar surface area (TPSA) is 65.0 Å². The summed E-state index contributed by atoms with van der Waals surface area (Å²) in [6, 6.07) is -0.110. The van der Waals surface area contributed by atoms with E-state index in [4.69, 9.17) is 5.21 Å². The van der Waals surface area contributed by atoms with Gasteiger partial charge in [-0.05, 0) is 12.1 Å². The number of alkyl halides is 10. The van der Waals surface area contributed by atoms with Crippen molar-refractivity contribution in [3.05, 3.63) is 23.4 Å². The Labute approximate surface area is 130 Å². The molecule has 0 aromatic heterocycles. The molecule has 0 heterocycles. The van der Waals surface area contributed by atoms with E-state index in [9.17, 15) is 49.1 Å². The molecule has 1 aromatic rings. The summed E-state index contributed by atoms with van der Waals surface area (Å²) in [5, 5.41) is 17.9. The molecule has 0 aliphatic carbocycles. The quantitative estimate of drug-likeness (QED) is 0.593. The second-order valence-electron chi connectivity index (χ2n) is 4.14. The van der Waals surface area contributed by atoms with Crippen LogP contribution in [-0.2, 0) is 0 Å². The molecule has 1 N–H and O–H groups in total. The van der Waals surface area contributed by atoms with Crippen LogP contribution in [0.25, 0.3) is 0 Å². The molecule has 144 valence electrons. The molecule has 0 fully saturated rings. The summed E-state index contributed by atoms with van der Waals surface area (Å²) in [6.07, 6.45) is -24.1. The van der Waals surface area contributed by atoms with Gasteiger partial charge in [-0.15, -0.1) is 0 Å². The van der Waals surface area contributed by atoms with E-state index in [2.05, 4.69) is 9.47 Å². The largest absolute Gasteiger partial charge is 0.733 e. The fourth-order valence-corrected chi connectivity index (χ4v) is 1.20. The van der Waals surface area contributed by atoms with Gasteiger partial charge >= 0.3 is 24.6 Å². The van der Waals surface area contributed by atoms with Crippen molar-refractivity contribution in [1.82, 2.24) is 0 Å². The highest BCUT2D eigenvalue weighted by Gasteiger charge is 2.62. The Balaban J connectivity index is 3.21. The second-order valence-corrected chi connectivity index (χ2v) is 4.14. The lowest BCUT2D eigenvalue weighted by Gasteiger charge is -2.28. The summed E-state index contributed by atoms with van der Waals surface area (Å²) in [5.74, 6) is -3.17. The first-order chi connectivity index (χ1) is 11.0. The van der Waals surface area contributed by atoms with Gasteiger partial charge in [-0.3, -0.25) is 5.21 Å². The van der Waals surface area contributed by atoms with Gasteiger partial charge in [0.15, 0.2) is 5.75 Å². The Kier molecular flexibility index (Phi) is 5.25. The van der Waals surface area contributed by atoms with Crippen LogP contribution in [0.15, 0.2) is 18.2 Å². The van der Waals surface area contributed by atoms with Crippen molar-refractivity contribution in [3.8, 4) is 11.5 Å². The van der Waals surface area contributed by atoms with E-state index in [1.54, 1.807) is 0 Å². The molecule has 0 bridgehead atoms. The molecule has 0 radical (unpaired) electrons. The summed E-state index contributed by atoms with van der Waals surface area (Å²) in [5.41, 5.74) is -1.65. The van der Waals surface area contributed by atoms with E-state index >= 15 is 0 Å². The van der Waals surface area contributed by atoms with Crippen molar-refractivity contribution in [1.29, 1.82) is 0 Å². The number of rotatable bonds is 5. The van der Waals surface area contributed by atoms with Gasteiger partial charge in [0.2, 0.25) is 0 Å². The number of nitrogens with zero attached hydrogens (tertiary/aromatic N) is 1. The maximum absolute atomic E-state index is 12.7. The van der Waals surface area contributed by atoms with Crippen LogP contribution in [-0.4, -0.2) is 29.8 Å². The highest BCUT2D eigenvalue weighted by Crippen LogP contribution is 2.43. The van der Waals surface area contributed by atoms with Crippen molar-refractivity contribution in [2.24, 2.45) is 0 Å². The van der Waals surface area contributed by atoms with Gasteiger partial charge in [0.25, 0.3) is 0 Å². The highest BCUT2D eigenvalue weighted by atomic mass is 19.4. The summed E-state index contributed by atoms with van der Waals surface area (Å²) < 4.78 is 129. The van der Waals surface area contributed by atoms with Gasteiger partial charge in [0.05, 0.1) is 5.69 Å². The number of benzene rings is 1. The molecule has 0 amide bonds. The van der Waals surface area contributed by atoms with E-state index in [1.165, 1.54) is 0 Å². The molecule has 1 aromatic carbocycles. The molecule has 0 spiro atoms. The zero-order chi connectivity index (χ0) is 19.8. The molecule has 0 saturated carbocycles.